The first-order valence-electron chi connectivity index (χ1n) is 5.25. The van der Waals surface area contributed by atoms with Crippen LogP contribution in [0.15, 0.2) is 24.3 Å². The van der Waals surface area contributed by atoms with Gasteiger partial charge in [-0.2, -0.15) is 0 Å². The van der Waals surface area contributed by atoms with Crippen LogP contribution in [-0.4, -0.2) is 22.2 Å². The summed E-state index contributed by atoms with van der Waals surface area (Å²) in [5, 5.41) is 1.56. The molecule has 2 heteroatoms. The first kappa shape index (κ1) is 11.3. The van der Waals surface area contributed by atoms with Crippen molar-refractivity contribution in [3.05, 3.63) is 24.3 Å². The molecule has 1 aromatic rings. The summed E-state index contributed by atoms with van der Waals surface area (Å²) in [4.78, 5) is 2.14. The van der Waals surface area contributed by atoms with E-state index < -0.39 is 8.07 Å². The quantitative estimate of drug-likeness (QED) is 0.689. The molecule has 0 bridgehead atoms. The van der Waals surface area contributed by atoms with Crippen LogP contribution in [0.3, 0.4) is 0 Å². The van der Waals surface area contributed by atoms with E-state index in [9.17, 15) is 0 Å². The number of benzene rings is 1. The zero-order chi connectivity index (χ0) is 10.8. The fourth-order valence-corrected chi connectivity index (χ4v) is 2.89. The van der Waals surface area contributed by atoms with Gasteiger partial charge in [-0.05, 0) is 12.1 Å². The number of rotatable bonds is 3. The Kier molecular flexibility index (Phi) is 3.37. The van der Waals surface area contributed by atoms with Gasteiger partial charge >= 0.3 is 0 Å². The van der Waals surface area contributed by atoms with E-state index in [2.05, 4.69) is 63.3 Å². The molecule has 14 heavy (non-hydrogen) atoms. The first-order chi connectivity index (χ1) is 6.47. The third-order valence-corrected chi connectivity index (χ3v) is 6.71. The molecule has 0 fully saturated rings. The van der Waals surface area contributed by atoms with E-state index in [0.29, 0.717) is 0 Å². The predicted octanol–water partition coefficient (Wildman–Crippen LogP) is 2.69. The van der Waals surface area contributed by atoms with E-state index in [4.69, 9.17) is 0 Å². The molecule has 0 atom stereocenters. The molecule has 0 N–H and O–H groups in total. The molecule has 0 saturated carbocycles. The van der Waals surface area contributed by atoms with Crippen LogP contribution in [0.2, 0.25) is 19.1 Å². The van der Waals surface area contributed by atoms with Gasteiger partial charge in [-0.15, -0.1) is 0 Å². The zero-order valence-corrected chi connectivity index (χ0v) is 11.0. The first-order valence-corrected chi connectivity index (χ1v) is 8.46. The molecule has 0 aliphatic heterocycles. The van der Waals surface area contributed by atoms with Crippen LogP contribution in [-0.2, 0) is 0 Å². The van der Waals surface area contributed by atoms with Crippen molar-refractivity contribution in [2.75, 3.05) is 19.0 Å². The largest absolute Gasteiger partial charge is 0.378 e. The fourth-order valence-electron chi connectivity index (χ4n) is 1.41. The van der Waals surface area contributed by atoms with Gasteiger partial charge in [-0.25, -0.2) is 0 Å². The van der Waals surface area contributed by atoms with Crippen LogP contribution in [0.1, 0.15) is 6.92 Å². The van der Waals surface area contributed by atoms with Gasteiger partial charge in [0.1, 0.15) is 0 Å². The Balaban J connectivity index is 2.94. The average Bonchev–Trinajstić information content (AvgIpc) is 2.18. The Labute approximate surface area is 88.8 Å². The van der Waals surface area contributed by atoms with Crippen molar-refractivity contribution in [3.8, 4) is 0 Å². The normalized spacial score (nSPS) is 11.5. The molecule has 1 aromatic carbocycles. The second kappa shape index (κ2) is 4.18. The molecule has 0 aliphatic rings. The van der Waals surface area contributed by atoms with Crippen LogP contribution >= 0.6 is 0 Å². The summed E-state index contributed by atoms with van der Waals surface area (Å²) >= 11 is 0. The third kappa shape index (κ3) is 2.38. The molecule has 0 amide bonds. The summed E-state index contributed by atoms with van der Waals surface area (Å²) in [6, 6.07) is 10.4. The molecule has 0 saturated heterocycles. The van der Waals surface area contributed by atoms with Crippen LogP contribution in [0.25, 0.3) is 0 Å². The summed E-state index contributed by atoms with van der Waals surface area (Å²) in [6.07, 6.45) is 0. The van der Waals surface area contributed by atoms with Crippen molar-refractivity contribution in [1.82, 2.24) is 0 Å². The maximum atomic E-state index is 2.43. The second-order valence-electron chi connectivity index (χ2n) is 4.68. The van der Waals surface area contributed by atoms with Crippen molar-refractivity contribution in [3.63, 3.8) is 0 Å². The summed E-state index contributed by atoms with van der Waals surface area (Å²) in [7, 11) is 3.03. The van der Waals surface area contributed by atoms with E-state index in [1.54, 1.807) is 5.19 Å². The maximum absolute atomic E-state index is 2.43. The van der Waals surface area contributed by atoms with E-state index in [1.165, 1.54) is 11.7 Å². The molecule has 0 unspecified atom stereocenters. The number of hydrogen-bond donors (Lipinski definition) is 0. The van der Waals surface area contributed by atoms with Crippen LogP contribution in [0.5, 0.6) is 0 Å². The van der Waals surface area contributed by atoms with Crippen LogP contribution < -0.4 is 10.1 Å². The lowest BCUT2D eigenvalue weighted by Gasteiger charge is -2.22. The molecule has 0 aromatic heterocycles. The Morgan fingerprint density at radius 2 is 1.57 bits per heavy atom. The highest BCUT2D eigenvalue weighted by atomic mass is 28.3. The second-order valence-corrected chi connectivity index (χ2v) is 9.73. The smallest absolute Gasteiger partial charge is 0.0803 e. The minimum Gasteiger partial charge on any atom is -0.378 e. The lowest BCUT2D eigenvalue weighted by Crippen LogP contribution is -2.40. The molecule has 0 spiro atoms. The standard InChI is InChI=1S/C12H21NSi/c1-6-14(4,5)12-9-7-11(8-10-12)13(2)3/h7-10H,6H2,1-5H3. The summed E-state index contributed by atoms with van der Waals surface area (Å²) < 4.78 is 0. The maximum Gasteiger partial charge on any atom is 0.0803 e. The van der Waals surface area contributed by atoms with E-state index >= 15 is 0 Å². The Hall–Kier alpha value is -0.763. The van der Waals surface area contributed by atoms with Gasteiger partial charge in [-0.1, -0.05) is 43.4 Å². The summed E-state index contributed by atoms with van der Waals surface area (Å²) in [5.41, 5.74) is 1.29. The highest BCUT2D eigenvalue weighted by molar-refractivity contribution is 6.89. The van der Waals surface area contributed by atoms with Crippen molar-refractivity contribution >= 4 is 18.9 Å². The van der Waals surface area contributed by atoms with Crippen molar-refractivity contribution < 1.29 is 0 Å². The van der Waals surface area contributed by atoms with Crippen molar-refractivity contribution in [2.45, 2.75) is 26.1 Å². The Morgan fingerprint density at radius 1 is 1.07 bits per heavy atom. The van der Waals surface area contributed by atoms with Gasteiger partial charge in [0.15, 0.2) is 0 Å². The van der Waals surface area contributed by atoms with E-state index in [1.807, 2.05) is 0 Å². The van der Waals surface area contributed by atoms with Gasteiger partial charge in [0, 0.05) is 19.8 Å². The fraction of sp³-hybridized carbons (Fsp3) is 0.500. The molecule has 0 aliphatic carbocycles. The molecule has 0 heterocycles. The van der Waals surface area contributed by atoms with E-state index in [0.717, 1.165) is 0 Å². The Bertz CT molecular complexity index is 288. The van der Waals surface area contributed by atoms with Crippen molar-refractivity contribution in [2.24, 2.45) is 0 Å². The van der Waals surface area contributed by atoms with Gasteiger partial charge in [0.2, 0.25) is 0 Å². The Morgan fingerprint density at radius 3 is 1.93 bits per heavy atom. The van der Waals surface area contributed by atoms with Crippen molar-refractivity contribution in [1.29, 1.82) is 0 Å². The minimum absolute atomic E-state index is 1.13. The highest BCUT2D eigenvalue weighted by Gasteiger charge is 2.20. The SMILES string of the molecule is CC[Si](C)(C)c1ccc(N(C)C)cc1. The molecular weight excluding hydrogens is 186 g/mol. The molecule has 0 radical (unpaired) electrons. The lowest BCUT2D eigenvalue weighted by atomic mass is 10.3. The number of hydrogen-bond acceptors (Lipinski definition) is 1. The lowest BCUT2D eigenvalue weighted by molar-refractivity contribution is 1.13. The predicted molar refractivity (Wildman–Crippen MR) is 68.4 cm³/mol. The molecule has 1 nitrogen and oxygen atoms in total. The number of anilines is 1. The van der Waals surface area contributed by atoms with Gasteiger partial charge in [0.05, 0.1) is 8.07 Å². The summed E-state index contributed by atoms with van der Waals surface area (Å²) in [6.45, 7) is 7.15. The number of nitrogens with zero attached hydrogens (tertiary/aromatic N) is 1. The monoisotopic (exact) mass is 207 g/mol. The third-order valence-electron chi connectivity index (χ3n) is 3.05. The molecular formula is C12H21NSi. The summed E-state index contributed by atoms with van der Waals surface area (Å²) in [5.74, 6) is 0. The molecule has 78 valence electrons. The minimum atomic E-state index is -1.13. The van der Waals surface area contributed by atoms with E-state index in [-0.39, 0.29) is 0 Å². The van der Waals surface area contributed by atoms with Gasteiger partial charge < -0.3 is 4.90 Å². The van der Waals surface area contributed by atoms with Crippen LogP contribution in [0, 0.1) is 0 Å². The molecule has 1 rings (SSSR count). The van der Waals surface area contributed by atoms with Gasteiger partial charge in [-0.3, -0.25) is 0 Å². The van der Waals surface area contributed by atoms with Crippen LogP contribution in [0.4, 0.5) is 5.69 Å². The zero-order valence-electron chi connectivity index (χ0n) is 9.96. The highest BCUT2D eigenvalue weighted by Crippen LogP contribution is 2.13. The average molecular weight is 207 g/mol. The van der Waals surface area contributed by atoms with Gasteiger partial charge in [0.25, 0.3) is 0 Å². The topological polar surface area (TPSA) is 3.24 Å².